The van der Waals surface area contributed by atoms with E-state index in [1.54, 1.807) is 22.5 Å². The number of rotatable bonds is 4. The SMILES string of the molecule is CC#CC#CC#CC.CS(=O)(=O)N1CCC1.CS(=O)(=O)N1CCCC1.CS(=O)(=O)N1CCCCC1.CS(=O)(=O)N1CCCCCC1. The third-order valence-electron chi connectivity index (χ3n) is 7.07. The zero-order chi connectivity index (χ0) is 35.3. The number of nitrogens with zero attached hydrogens (tertiary/aromatic N) is 4. The minimum atomic E-state index is -2.92. The van der Waals surface area contributed by atoms with E-state index in [1.807, 2.05) is 0 Å². The molecule has 16 heteroatoms. The highest BCUT2D eigenvalue weighted by Gasteiger charge is 2.22. The lowest BCUT2D eigenvalue weighted by atomic mass is 10.2. The van der Waals surface area contributed by atoms with Gasteiger partial charge in [0, 0.05) is 52.4 Å². The molecule has 12 nitrogen and oxygen atoms in total. The van der Waals surface area contributed by atoms with E-state index < -0.39 is 40.1 Å². The first kappa shape index (κ1) is 44.3. The maximum Gasteiger partial charge on any atom is 0.211 e. The zero-order valence-corrected chi connectivity index (χ0v) is 31.7. The summed E-state index contributed by atoms with van der Waals surface area (Å²) in [5.74, 6) is 15.5. The van der Waals surface area contributed by atoms with Crippen molar-refractivity contribution in [1.82, 2.24) is 17.2 Å². The van der Waals surface area contributed by atoms with Crippen LogP contribution in [-0.4, -0.2) is 128 Å². The predicted molar refractivity (Wildman–Crippen MR) is 187 cm³/mol. The molecule has 0 aromatic rings. The molecule has 0 amide bonds. The summed E-state index contributed by atoms with van der Waals surface area (Å²) >= 11 is 0. The Kier molecular flexibility index (Phi) is 22.0. The molecular formula is C30H54N4O8S4. The molecular weight excluding hydrogens is 673 g/mol. The molecule has 0 aliphatic carbocycles. The first-order valence-electron chi connectivity index (χ1n) is 15.5. The summed E-state index contributed by atoms with van der Waals surface area (Å²) < 4.78 is 92.7. The highest BCUT2D eigenvalue weighted by Crippen LogP contribution is 2.13. The van der Waals surface area contributed by atoms with Crippen LogP contribution in [0.15, 0.2) is 0 Å². The van der Waals surface area contributed by atoms with Crippen LogP contribution >= 0.6 is 0 Å². The molecule has 0 aromatic heterocycles. The van der Waals surface area contributed by atoms with Crippen LogP contribution in [-0.2, 0) is 40.1 Å². The molecule has 266 valence electrons. The molecule has 4 heterocycles. The van der Waals surface area contributed by atoms with Gasteiger partial charge in [-0.25, -0.2) is 50.9 Å². The van der Waals surface area contributed by atoms with Gasteiger partial charge in [0.1, 0.15) is 0 Å². The van der Waals surface area contributed by atoms with Crippen LogP contribution in [0, 0.1) is 35.5 Å². The fourth-order valence-electron chi connectivity index (χ4n) is 4.40. The van der Waals surface area contributed by atoms with Crippen molar-refractivity contribution in [3.05, 3.63) is 0 Å². The van der Waals surface area contributed by atoms with Crippen LogP contribution in [0.1, 0.15) is 78.1 Å². The van der Waals surface area contributed by atoms with Gasteiger partial charge in [0.15, 0.2) is 0 Å². The summed E-state index contributed by atoms with van der Waals surface area (Å²) in [6, 6.07) is 0. The Morgan fingerprint density at radius 1 is 0.326 bits per heavy atom. The van der Waals surface area contributed by atoms with Crippen LogP contribution in [0.5, 0.6) is 0 Å². The molecule has 0 bridgehead atoms. The molecule has 0 aromatic carbocycles. The number of hydrogen-bond donors (Lipinski definition) is 0. The molecule has 0 saturated carbocycles. The Morgan fingerprint density at radius 3 is 0.696 bits per heavy atom. The first-order chi connectivity index (χ1) is 21.3. The van der Waals surface area contributed by atoms with Crippen molar-refractivity contribution in [3.8, 4) is 35.5 Å². The molecule has 0 atom stereocenters. The van der Waals surface area contributed by atoms with E-state index in [2.05, 4.69) is 35.5 Å². The van der Waals surface area contributed by atoms with Crippen molar-refractivity contribution in [3.63, 3.8) is 0 Å². The minimum Gasteiger partial charge on any atom is -0.213 e. The molecule has 0 unspecified atom stereocenters. The van der Waals surface area contributed by atoms with Gasteiger partial charge in [-0.05, 0) is 82.5 Å². The van der Waals surface area contributed by atoms with E-state index in [1.165, 1.54) is 52.9 Å². The van der Waals surface area contributed by atoms with Crippen LogP contribution in [0.25, 0.3) is 0 Å². The molecule has 0 radical (unpaired) electrons. The maximum absolute atomic E-state index is 11.1. The van der Waals surface area contributed by atoms with Gasteiger partial charge in [-0.15, -0.1) is 0 Å². The summed E-state index contributed by atoms with van der Waals surface area (Å²) in [7, 11) is -11.5. The van der Waals surface area contributed by atoms with Crippen LogP contribution in [0.4, 0.5) is 0 Å². The topological polar surface area (TPSA) is 150 Å². The van der Waals surface area contributed by atoms with Gasteiger partial charge in [-0.3, -0.25) is 0 Å². The summed E-state index contributed by atoms with van der Waals surface area (Å²) in [4.78, 5) is 0. The van der Waals surface area contributed by atoms with Crippen molar-refractivity contribution in [1.29, 1.82) is 0 Å². The minimum absolute atomic E-state index is 0.721. The monoisotopic (exact) mass is 726 g/mol. The highest BCUT2D eigenvalue weighted by atomic mass is 32.2. The fourth-order valence-corrected chi connectivity index (χ4v) is 8.08. The molecule has 4 aliphatic rings. The van der Waals surface area contributed by atoms with Gasteiger partial charge in [0.05, 0.1) is 25.0 Å². The number of sulfonamides is 4. The van der Waals surface area contributed by atoms with Gasteiger partial charge in [0.2, 0.25) is 40.1 Å². The Morgan fingerprint density at radius 2 is 0.522 bits per heavy atom. The maximum atomic E-state index is 11.1. The molecule has 4 fully saturated rings. The Bertz CT molecular complexity index is 1480. The molecule has 46 heavy (non-hydrogen) atoms. The largest absolute Gasteiger partial charge is 0.213 e. The van der Waals surface area contributed by atoms with E-state index in [0.29, 0.717) is 0 Å². The smallest absolute Gasteiger partial charge is 0.211 e. The van der Waals surface area contributed by atoms with Crippen molar-refractivity contribution < 1.29 is 33.7 Å². The van der Waals surface area contributed by atoms with Gasteiger partial charge in [0.25, 0.3) is 0 Å². The quantitative estimate of drug-likeness (QED) is 0.400. The summed E-state index contributed by atoms with van der Waals surface area (Å²) in [6.45, 7) is 9.26. The van der Waals surface area contributed by atoms with Crippen molar-refractivity contribution in [2.45, 2.75) is 78.1 Å². The second kappa shape index (κ2) is 22.8. The average Bonchev–Trinajstić information content (AvgIpc) is 3.34. The van der Waals surface area contributed by atoms with E-state index in [-0.39, 0.29) is 0 Å². The Hall–Kier alpha value is -1.68. The average molecular weight is 727 g/mol. The second-order valence-corrected chi connectivity index (χ2v) is 19.1. The lowest BCUT2D eigenvalue weighted by Crippen LogP contribution is -2.41. The van der Waals surface area contributed by atoms with Crippen LogP contribution in [0.3, 0.4) is 0 Å². The van der Waals surface area contributed by atoms with E-state index in [4.69, 9.17) is 0 Å². The van der Waals surface area contributed by atoms with Gasteiger partial charge < -0.3 is 0 Å². The van der Waals surface area contributed by atoms with E-state index in [9.17, 15) is 33.7 Å². The normalized spacial score (nSPS) is 19.5. The van der Waals surface area contributed by atoms with Crippen molar-refractivity contribution in [2.75, 3.05) is 77.4 Å². The lowest BCUT2D eigenvalue weighted by molar-refractivity contribution is 0.312. The van der Waals surface area contributed by atoms with E-state index in [0.717, 1.165) is 97.3 Å². The number of hydrogen-bond acceptors (Lipinski definition) is 8. The lowest BCUT2D eigenvalue weighted by Gasteiger charge is -2.27. The van der Waals surface area contributed by atoms with Crippen LogP contribution in [0.2, 0.25) is 0 Å². The van der Waals surface area contributed by atoms with Crippen LogP contribution < -0.4 is 0 Å². The van der Waals surface area contributed by atoms with Gasteiger partial charge >= 0.3 is 0 Å². The fraction of sp³-hybridized carbons (Fsp3) is 0.800. The van der Waals surface area contributed by atoms with Crippen molar-refractivity contribution >= 4 is 40.1 Å². The number of piperidine rings is 1. The van der Waals surface area contributed by atoms with Crippen molar-refractivity contribution in [2.24, 2.45) is 0 Å². The third-order valence-corrected chi connectivity index (χ3v) is 12.3. The Labute approximate surface area is 280 Å². The molecule has 4 rings (SSSR count). The second-order valence-electron chi connectivity index (χ2n) is 11.2. The summed E-state index contributed by atoms with van der Waals surface area (Å²) in [5.41, 5.74) is 0. The molecule has 0 N–H and O–H groups in total. The zero-order valence-electron chi connectivity index (χ0n) is 28.4. The standard InChI is InChI=1S/C8H6.C7H15NO2S.C6H13NO2S.C5H11NO2S.C4H9NO2S/c1-3-5-7-8-6-4-2;1-11(9,10)8-6-4-2-3-5-7-8;1-10(8,9)7-5-3-2-4-6-7;1-9(7,8)6-4-2-3-5-6;1-8(6,7)5-3-2-4-5/h1-2H3;2-7H2,1H3;2-6H2,1H3;2-5H2,1H3;2-4H2,1H3. The molecule has 4 aliphatic heterocycles. The third kappa shape index (κ3) is 22.0. The molecule has 0 spiro atoms. The first-order valence-corrected chi connectivity index (χ1v) is 22.9. The highest BCUT2D eigenvalue weighted by molar-refractivity contribution is 7.89. The van der Waals surface area contributed by atoms with Gasteiger partial charge in [-0.2, -0.15) is 0 Å². The summed E-state index contributed by atoms with van der Waals surface area (Å²) in [6.07, 6.45) is 15.7. The van der Waals surface area contributed by atoms with E-state index >= 15 is 0 Å². The van der Waals surface area contributed by atoms with Gasteiger partial charge in [-0.1, -0.05) is 31.1 Å². The molecule has 4 saturated heterocycles. The predicted octanol–water partition coefficient (Wildman–Crippen LogP) is 1.98. The Balaban J connectivity index is 0.000000554. The summed E-state index contributed by atoms with van der Waals surface area (Å²) in [5, 5.41) is 0.